The Morgan fingerprint density at radius 3 is 2.17 bits per heavy atom. The van der Waals surface area contributed by atoms with Crippen LogP contribution in [0.3, 0.4) is 0 Å². The highest BCUT2D eigenvalue weighted by Crippen LogP contribution is 2.05. The number of hydrogen-bond donors (Lipinski definition) is 3. The van der Waals surface area contributed by atoms with Gasteiger partial charge in [0.05, 0.1) is 0 Å². The highest BCUT2D eigenvalue weighted by molar-refractivity contribution is 5.79. The molecule has 1 aliphatic rings. The number of hydrazine groups is 3. The zero-order chi connectivity index (χ0) is 13.5. The van der Waals surface area contributed by atoms with E-state index in [-0.39, 0.29) is 6.03 Å². The first-order valence-corrected chi connectivity index (χ1v) is 6.03. The average Bonchev–Trinajstić information content (AvgIpc) is 2.28. The van der Waals surface area contributed by atoms with E-state index in [0.29, 0.717) is 0 Å². The molecule has 0 aromatic heterocycles. The molecule has 1 aliphatic heterocycles. The van der Waals surface area contributed by atoms with E-state index in [1.165, 1.54) is 18.5 Å². The summed E-state index contributed by atoms with van der Waals surface area (Å²) in [5.74, 6) is 0. The molecule has 8 nitrogen and oxygen atoms in total. The molecule has 1 rings (SSSR count). The Bertz CT molecular complexity index is 290. The van der Waals surface area contributed by atoms with Crippen LogP contribution in [0, 0.1) is 0 Å². The van der Waals surface area contributed by atoms with Crippen molar-refractivity contribution in [2.45, 2.75) is 19.3 Å². The van der Waals surface area contributed by atoms with E-state index < -0.39 is 6.03 Å². The second kappa shape index (κ2) is 7.02. The third kappa shape index (κ3) is 5.19. The Morgan fingerprint density at radius 2 is 1.61 bits per heavy atom. The Kier molecular flexibility index (Phi) is 5.66. The summed E-state index contributed by atoms with van der Waals surface area (Å²) in [5.41, 5.74) is 7.63. The number of hydrogen-bond acceptors (Lipinski definition) is 4. The first kappa shape index (κ1) is 14.5. The fourth-order valence-electron chi connectivity index (χ4n) is 1.65. The number of nitrogens with one attached hydrogen (secondary N) is 3. The summed E-state index contributed by atoms with van der Waals surface area (Å²) in [6.07, 6.45) is 3.36. The summed E-state index contributed by atoms with van der Waals surface area (Å²) >= 11 is 0. The molecule has 18 heavy (non-hydrogen) atoms. The van der Waals surface area contributed by atoms with Crippen LogP contribution in [0.25, 0.3) is 0 Å². The molecule has 1 heterocycles. The number of carbonyl (C=O) groups is 2. The standard InChI is InChI=1S/C10H22N6O2/c1-14(2)11-9(17)12-15(3)10(18)13-16-7-5-4-6-8-16/h4-8H2,1-3H3,(H,13,18)(H2,11,12,17). The SMILES string of the molecule is CN(C)NC(=O)NN(C)C(=O)NN1CCCCC1. The molecule has 8 heteroatoms. The van der Waals surface area contributed by atoms with E-state index >= 15 is 0 Å². The molecule has 0 radical (unpaired) electrons. The fourth-order valence-corrected chi connectivity index (χ4v) is 1.65. The van der Waals surface area contributed by atoms with Gasteiger partial charge in [-0.2, -0.15) is 0 Å². The van der Waals surface area contributed by atoms with Crippen molar-refractivity contribution in [3.05, 3.63) is 0 Å². The van der Waals surface area contributed by atoms with Crippen LogP contribution in [0.5, 0.6) is 0 Å². The lowest BCUT2D eigenvalue weighted by atomic mass is 10.2. The van der Waals surface area contributed by atoms with Crippen molar-refractivity contribution in [2.24, 2.45) is 0 Å². The summed E-state index contributed by atoms with van der Waals surface area (Å²) < 4.78 is 0. The van der Waals surface area contributed by atoms with Crippen LogP contribution in [0.15, 0.2) is 0 Å². The number of urea groups is 2. The van der Waals surface area contributed by atoms with Crippen LogP contribution < -0.4 is 16.3 Å². The molecule has 0 spiro atoms. The predicted octanol–water partition coefficient (Wildman–Crippen LogP) is -0.280. The molecule has 0 aromatic rings. The summed E-state index contributed by atoms with van der Waals surface area (Å²) in [6.45, 7) is 1.70. The minimum atomic E-state index is -0.462. The van der Waals surface area contributed by atoms with Crippen LogP contribution in [0.4, 0.5) is 9.59 Å². The van der Waals surface area contributed by atoms with E-state index in [1.54, 1.807) is 14.1 Å². The molecule has 0 atom stereocenters. The molecule has 0 unspecified atom stereocenters. The molecule has 0 bridgehead atoms. The van der Waals surface area contributed by atoms with Gasteiger partial charge in [0.1, 0.15) is 0 Å². The fraction of sp³-hybridized carbons (Fsp3) is 0.800. The van der Waals surface area contributed by atoms with Crippen LogP contribution >= 0.6 is 0 Å². The van der Waals surface area contributed by atoms with E-state index in [4.69, 9.17) is 0 Å². The molecule has 0 aliphatic carbocycles. The second-order valence-corrected chi connectivity index (χ2v) is 4.47. The number of piperidine rings is 1. The number of amides is 4. The maximum atomic E-state index is 11.7. The largest absolute Gasteiger partial charge is 0.350 e. The topological polar surface area (TPSA) is 80.0 Å². The van der Waals surface area contributed by atoms with E-state index in [2.05, 4.69) is 16.3 Å². The van der Waals surface area contributed by atoms with Crippen molar-refractivity contribution in [3.8, 4) is 0 Å². The van der Waals surface area contributed by atoms with Gasteiger partial charge in [-0.1, -0.05) is 6.42 Å². The predicted molar refractivity (Wildman–Crippen MR) is 67.1 cm³/mol. The minimum Gasteiger partial charge on any atom is -0.270 e. The van der Waals surface area contributed by atoms with Crippen molar-refractivity contribution in [1.82, 2.24) is 31.3 Å². The normalized spacial score (nSPS) is 16.2. The first-order chi connectivity index (χ1) is 8.49. The molecule has 4 amide bonds. The zero-order valence-corrected chi connectivity index (χ0v) is 11.2. The molecular formula is C10H22N6O2. The Hall–Kier alpha value is -1.54. The lowest BCUT2D eigenvalue weighted by Gasteiger charge is -2.29. The Balaban J connectivity index is 2.29. The van der Waals surface area contributed by atoms with Crippen LogP contribution in [0.1, 0.15) is 19.3 Å². The van der Waals surface area contributed by atoms with Crippen molar-refractivity contribution < 1.29 is 9.59 Å². The molecule has 0 saturated carbocycles. The van der Waals surface area contributed by atoms with Crippen LogP contribution in [-0.2, 0) is 0 Å². The van der Waals surface area contributed by atoms with Gasteiger partial charge in [-0.3, -0.25) is 10.9 Å². The number of rotatable bonds is 2. The number of carbonyl (C=O) groups excluding carboxylic acids is 2. The zero-order valence-electron chi connectivity index (χ0n) is 11.2. The van der Waals surface area contributed by atoms with E-state index in [0.717, 1.165) is 30.9 Å². The van der Waals surface area contributed by atoms with Gasteiger partial charge in [0, 0.05) is 34.2 Å². The highest BCUT2D eigenvalue weighted by Gasteiger charge is 2.16. The molecule has 1 saturated heterocycles. The van der Waals surface area contributed by atoms with Crippen molar-refractivity contribution in [1.29, 1.82) is 0 Å². The van der Waals surface area contributed by atoms with Crippen LogP contribution in [-0.4, -0.2) is 61.3 Å². The van der Waals surface area contributed by atoms with E-state index in [9.17, 15) is 9.59 Å². The van der Waals surface area contributed by atoms with Crippen LogP contribution in [0.2, 0.25) is 0 Å². The highest BCUT2D eigenvalue weighted by atomic mass is 16.2. The molecule has 104 valence electrons. The summed E-state index contributed by atoms with van der Waals surface area (Å²) in [6, 6.07) is -0.817. The van der Waals surface area contributed by atoms with Gasteiger partial charge >= 0.3 is 12.1 Å². The maximum Gasteiger partial charge on any atom is 0.350 e. The number of nitrogens with zero attached hydrogens (tertiary/aromatic N) is 3. The smallest absolute Gasteiger partial charge is 0.270 e. The van der Waals surface area contributed by atoms with Gasteiger partial charge < -0.3 is 0 Å². The van der Waals surface area contributed by atoms with Crippen molar-refractivity contribution in [3.63, 3.8) is 0 Å². The summed E-state index contributed by atoms with van der Waals surface area (Å²) in [7, 11) is 4.87. The lowest BCUT2D eigenvalue weighted by molar-refractivity contribution is 0.123. The van der Waals surface area contributed by atoms with Gasteiger partial charge in [-0.15, -0.1) is 0 Å². The molecule has 3 N–H and O–H groups in total. The second-order valence-electron chi connectivity index (χ2n) is 4.47. The Morgan fingerprint density at radius 1 is 1.00 bits per heavy atom. The third-order valence-electron chi connectivity index (χ3n) is 2.51. The summed E-state index contributed by atoms with van der Waals surface area (Å²) in [5, 5.41) is 4.48. The minimum absolute atomic E-state index is 0.356. The molecule has 0 aromatic carbocycles. The maximum absolute atomic E-state index is 11.7. The average molecular weight is 258 g/mol. The van der Waals surface area contributed by atoms with Crippen molar-refractivity contribution >= 4 is 12.1 Å². The van der Waals surface area contributed by atoms with Gasteiger partial charge in [0.2, 0.25) is 0 Å². The lowest BCUT2D eigenvalue weighted by Crippen LogP contribution is -2.57. The van der Waals surface area contributed by atoms with Gasteiger partial charge in [0.25, 0.3) is 0 Å². The molecular weight excluding hydrogens is 236 g/mol. The van der Waals surface area contributed by atoms with Gasteiger partial charge in [-0.25, -0.2) is 30.0 Å². The van der Waals surface area contributed by atoms with Gasteiger partial charge in [-0.05, 0) is 12.8 Å². The first-order valence-electron chi connectivity index (χ1n) is 6.03. The molecule has 1 fully saturated rings. The summed E-state index contributed by atoms with van der Waals surface area (Å²) in [4.78, 5) is 23.1. The Labute approximate surface area is 107 Å². The quantitative estimate of drug-likeness (QED) is 0.595. The van der Waals surface area contributed by atoms with Crippen molar-refractivity contribution in [2.75, 3.05) is 34.2 Å². The third-order valence-corrected chi connectivity index (χ3v) is 2.51. The monoisotopic (exact) mass is 258 g/mol. The van der Waals surface area contributed by atoms with Gasteiger partial charge in [0.15, 0.2) is 0 Å². The van der Waals surface area contributed by atoms with E-state index in [1.807, 2.05) is 5.01 Å².